The molecule has 0 fully saturated rings. The molecule has 0 aliphatic rings. The molecule has 2 aromatic heterocycles. The third-order valence-electron chi connectivity index (χ3n) is 3.19. The van der Waals surface area contributed by atoms with Crippen LogP contribution in [0.25, 0.3) is 0 Å². The van der Waals surface area contributed by atoms with Gasteiger partial charge in [-0.2, -0.15) is 0 Å². The van der Waals surface area contributed by atoms with Gasteiger partial charge in [-0.3, -0.25) is 9.59 Å². The maximum absolute atomic E-state index is 12.1. The SMILES string of the molecule is C[C@H](Sc1nnc(CCC(N)=O)n1C)C(=O)NCc1cccs1. The summed E-state index contributed by atoms with van der Waals surface area (Å²) in [6, 6.07) is 3.94. The van der Waals surface area contributed by atoms with Crippen LogP contribution in [0.1, 0.15) is 24.0 Å². The van der Waals surface area contributed by atoms with Gasteiger partial charge in [-0.1, -0.05) is 17.8 Å². The van der Waals surface area contributed by atoms with Crippen LogP contribution in [0.5, 0.6) is 0 Å². The molecule has 0 radical (unpaired) electrons. The Morgan fingerprint density at radius 2 is 2.26 bits per heavy atom. The van der Waals surface area contributed by atoms with Gasteiger partial charge >= 0.3 is 0 Å². The van der Waals surface area contributed by atoms with Gasteiger partial charge in [0.2, 0.25) is 11.8 Å². The van der Waals surface area contributed by atoms with Crippen molar-refractivity contribution in [2.45, 2.75) is 36.7 Å². The summed E-state index contributed by atoms with van der Waals surface area (Å²) in [5.41, 5.74) is 5.14. The quantitative estimate of drug-likeness (QED) is 0.692. The molecule has 1 atom stereocenters. The Morgan fingerprint density at radius 3 is 2.91 bits per heavy atom. The van der Waals surface area contributed by atoms with Gasteiger partial charge in [-0.05, 0) is 18.4 Å². The first-order valence-electron chi connectivity index (χ1n) is 7.10. The number of nitrogens with two attached hydrogens (primary N) is 1. The molecule has 2 amide bonds. The molecule has 0 bridgehead atoms. The third-order valence-corrected chi connectivity index (χ3v) is 5.20. The molecule has 0 unspecified atom stereocenters. The molecule has 0 aliphatic heterocycles. The number of aromatic nitrogens is 3. The molecule has 2 heterocycles. The second kappa shape index (κ2) is 8.11. The summed E-state index contributed by atoms with van der Waals surface area (Å²) in [7, 11) is 1.81. The summed E-state index contributed by atoms with van der Waals surface area (Å²) in [6.45, 7) is 2.36. The summed E-state index contributed by atoms with van der Waals surface area (Å²) < 4.78 is 1.79. The van der Waals surface area contributed by atoms with Gasteiger partial charge in [0, 0.05) is 24.8 Å². The number of rotatable bonds is 8. The Labute approximate surface area is 142 Å². The second-order valence-corrected chi connectivity index (χ2v) is 7.32. The maximum atomic E-state index is 12.1. The highest BCUT2D eigenvalue weighted by atomic mass is 32.2. The molecule has 0 saturated carbocycles. The minimum absolute atomic E-state index is 0.0508. The first kappa shape index (κ1) is 17.5. The van der Waals surface area contributed by atoms with E-state index in [1.165, 1.54) is 11.8 Å². The zero-order chi connectivity index (χ0) is 16.8. The second-order valence-electron chi connectivity index (χ2n) is 4.98. The molecule has 2 aromatic rings. The van der Waals surface area contributed by atoms with Crippen molar-refractivity contribution in [1.29, 1.82) is 0 Å². The fourth-order valence-electron chi connectivity index (χ4n) is 1.84. The molecule has 0 spiro atoms. The first-order chi connectivity index (χ1) is 11.0. The number of thioether (sulfide) groups is 1. The number of aryl methyl sites for hydroxylation is 1. The van der Waals surface area contributed by atoms with Gasteiger partial charge in [-0.25, -0.2) is 0 Å². The lowest BCUT2D eigenvalue weighted by molar-refractivity contribution is -0.120. The average molecular weight is 353 g/mol. The maximum Gasteiger partial charge on any atom is 0.233 e. The van der Waals surface area contributed by atoms with Gasteiger partial charge in [0.05, 0.1) is 11.8 Å². The Morgan fingerprint density at radius 1 is 1.48 bits per heavy atom. The molecular formula is C14H19N5O2S2. The van der Waals surface area contributed by atoms with Crippen LogP contribution in [-0.2, 0) is 29.6 Å². The number of amides is 2. The van der Waals surface area contributed by atoms with Gasteiger partial charge in [0.15, 0.2) is 5.16 Å². The van der Waals surface area contributed by atoms with Crippen LogP contribution < -0.4 is 11.1 Å². The average Bonchev–Trinajstić information content (AvgIpc) is 3.14. The van der Waals surface area contributed by atoms with Crippen molar-refractivity contribution in [3.8, 4) is 0 Å². The van der Waals surface area contributed by atoms with Crippen molar-refractivity contribution in [2.24, 2.45) is 12.8 Å². The lowest BCUT2D eigenvalue weighted by atomic mass is 10.3. The molecule has 3 N–H and O–H groups in total. The zero-order valence-corrected chi connectivity index (χ0v) is 14.6. The zero-order valence-electron chi connectivity index (χ0n) is 13.0. The summed E-state index contributed by atoms with van der Waals surface area (Å²) >= 11 is 2.94. The number of hydrogen-bond acceptors (Lipinski definition) is 6. The first-order valence-corrected chi connectivity index (χ1v) is 8.86. The molecule has 0 aliphatic carbocycles. The molecule has 23 heavy (non-hydrogen) atoms. The van der Waals surface area contributed by atoms with E-state index in [9.17, 15) is 9.59 Å². The highest BCUT2D eigenvalue weighted by Crippen LogP contribution is 2.22. The number of nitrogens with one attached hydrogen (secondary N) is 1. The van der Waals surface area contributed by atoms with E-state index in [2.05, 4.69) is 15.5 Å². The monoisotopic (exact) mass is 353 g/mol. The van der Waals surface area contributed by atoms with E-state index in [-0.39, 0.29) is 23.5 Å². The minimum Gasteiger partial charge on any atom is -0.370 e. The summed E-state index contributed by atoms with van der Waals surface area (Å²) in [6.07, 6.45) is 0.672. The Kier molecular flexibility index (Phi) is 6.17. The van der Waals surface area contributed by atoms with Gasteiger partial charge < -0.3 is 15.6 Å². The number of hydrogen-bond donors (Lipinski definition) is 2. The largest absolute Gasteiger partial charge is 0.370 e. The predicted octanol–water partition coefficient (Wildman–Crippen LogP) is 1.09. The fourth-order valence-corrected chi connectivity index (χ4v) is 3.35. The summed E-state index contributed by atoms with van der Waals surface area (Å²) in [5, 5.41) is 13.3. The summed E-state index contributed by atoms with van der Waals surface area (Å²) in [5.74, 6) is 0.256. The number of primary amides is 1. The normalized spacial score (nSPS) is 12.1. The van der Waals surface area contributed by atoms with E-state index in [1.54, 1.807) is 15.9 Å². The van der Waals surface area contributed by atoms with Gasteiger partial charge in [-0.15, -0.1) is 21.5 Å². The van der Waals surface area contributed by atoms with Gasteiger partial charge in [0.1, 0.15) is 5.82 Å². The van der Waals surface area contributed by atoms with E-state index in [0.717, 1.165) is 4.88 Å². The molecule has 9 heteroatoms. The van der Waals surface area contributed by atoms with Crippen LogP contribution in [0.4, 0.5) is 0 Å². The van der Waals surface area contributed by atoms with Crippen molar-refractivity contribution < 1.29 is 9.59 Å². The Bertz CT molecular complexity index is 669. The van der Waals surface area contributed by atoms with Crippen molar-refractivity contribution in [1.82, 2.24) is 20.1 Å². The van der Waals surface area contributed by atoms with Crippen LogP contribution in [0.3, 0.4) is 0 Å². The molecule has 124 valence electrons. The number of nitrogens with zero attached hydrogens (tertiary/aromatic N) is 3. The molecule has 0 saturated heterocycles. The highest BCUT2D eigenvalue weighted by Gasteiger charge is 2.18. The van der Waals surface area contributed by atoms with E-state index in [4.69, 9.17) is 5.73 Å². The Balaban J connectivity index is 1.87. The van der Waals surface area contributed by atoms with Crippen LogP contribution in [-0.4, -0.2) is 31.8 Å². The van der Waals surface area contributed by atoms with Crippen LogP contribution in [0, 0.1) is 0 Å². The molecule has 2 rings (SSSR count). The van der Waals surface area contributed by atoms with Crippen molar-refractivity contribution in [3.05, 3.63) is 28.2 Å². The van der Waals surface area contributed by atoms with Gasteiger partial charge in [0.25, 0.3) is 0 Å². The lowest BCUT2D eigenvalue weighted by Crippen LogP contribution is -2.30. The van der Waals surface area contributed by atoms with Crippen LogP contribution in [0.2, 0.25) is 0 Å². The molecule has 7 nitrogen and oxygen atoms in total. The fraction of sp³-hybridized carbons (Fsp3) is 0.429. The van der Waals surface area contributed by atoms with Crippen LogP contribution >= 0.6 is 23.1 Å². The lowest BCUT2D eigenvalue weighted by Gasteiger charge is -2.11. The smallest absolute Gasteiger partial charge is 0.233 e. The minimum atomic E-state index is -0.372. The van der Waals surface area contributed by atoms with Crippen molar-refractivity contribution in [3.63, 3.8) is 0 Å². The number of carbonyl (C=O) groups excluding carboxylic acids is 2. The van der Waals surface area contributed by atoms with Crippen LogP contribution in [0.15, 0.2) is 22.7 Å². The molecule has 0 aromatic carbocycles. The predicted molar refractivity (Wildman–Crippen MR) is 90.0 cm³/mol. The highest BCUT2D eigenvalue weighted by molar-refractivity contribution is 8.00. The van der Waals surface area contributed by atoms with E-state index >= 15 is 0 Å². The topological polar surface area (TPSA) is 103 Å². The standard InChI is InChI=1S/C14H19N5O2S2/c1-9(13(21)16-8-10-4-3-7-22-10)23-14-18-17-12(19(14)2)6-5-11(15)20/h3-4,7,9H,5-6,8H2,1-2H3,(H2,15,20)(H,16,21)/t9-/m0/s1. The summed E-state index contributed by atoms with van der Waals surface area (Å²) in [4.78, 5) is 24.1. The van der Waals surface area contributed by atoms with E-state index in [1.807, 2.05) is 31.5 Å². The van der Waals surface area contributed by atoms with E-state index in [0.29, 0.717) is 23.9 Å². The Hall–Kier alpha value is -1.87. The number of carbonyl (C=O) groups is 2. The third kappa shape index (κ3) is 5.07. The van der Waals surface area contributed by atoms with Crippen molar-refractivity contribution >= 4 is 34.9 Å². The number of thiophene rings is 1. The molecular weight excluding hydrogens is 334 g/mol. The van der Waals surface area contributed by atoms with E-state index < -0.39 is 0 Å². The van der Waals surface area contributed by atoms with Crippen molar-refractivity contribution in [2.75, 3.05) is 0 Å².